The van der Waals surface area contributed by atoms with Crippen LogP contribution in [0.5, 0.6) is 0 Å². The summed E-state index contributed by atoms with van der Waals surface area (Å²) in [6.07, 6.45) is 0. The molecule has 4 aromatic rings. The number of hydrogen-bond donors (Lipinski definition) is 0. The van der Waals surface area contributed by atoms with E-state index in [1.807, 2.05) is 0 Å². The van der Waals surface area contributed by atoms with Crippen LogP contribution < -0.4 is 37.2 Å². The van der Waals surface area contributed by atoms with Gasteiger partial charge in [-0.25, -0.2) is 11.6 Å². The van der Waals surface area contributed by atoms with Crippen molar-refractivity contribution in [1.82, 2.24) is 0 Å². The van der Waals surface area contributed by atoms with Crippen LogP contribution in [0.3, 0.4) is 0 Å². The Morgan fingerprint density at radius 1 is 0.567 bits per heavy atom. The Bertz CT molecular complexity index is 900. The quantitative estimate of drug-likeness (QED) is 0.168. The van der Waals surface area contributed by atoms with E-state index in [4.69, 9.17) is 0 Å². The first kappa shape index (κ1) is 28.6. The van der Waals surface area contributed by atoms with Crippen LogP contribution >= 0.6 is 0 Å². The molecule has 0 saturated carbocycles. The molecule has 152 valence electrons. The molecule has 0 N–H and O–H groups in total. The summed E-state index contributed by atoms with van der Waals surface area (Å²) in [7, 11) is 0. The normalized spacial score (nSPS) is 9.93. The minimum Gasteiger partial charge on any atom is -1.00 e. The van der Waals surface area contributed by atoms with Crippen molar-refractivity contribution < 1.29 is 58.9 Å². The molecule has 4 aromatic carbocycles. The number of aryl methyl sites for hydroxylation is 2. The van der Waals surface area contributed by atoms with Gasteiger partial charge in [-0.05, 0) is 16.7 Å². The SMILES string of the molecule is Cc1cc(C)[c-](C(c2ccccc2)(c2ccccc2)c2ccccc2)c1.[Cl-].[Cl-].[Cl-].[Ti+4]. The molecule has 4 heteroatoms. The Kier molecular flexibility index (Phi) is 11.9. The van der Waals surface area contributed by atoms with Crippen molar-refractivity contribution >= 4 is 0 Å². The van der Waals surface area contributed by atoms with Crippen LogP contribution in [0.4, 0.5) is 0 Å². The first-order valence-electron chi connectivity index (χ1n) is 9.14. The molecule has 0 fully saturated rings. The van der Waals surface area contributed by atoms with Crippen molar-refractivity contribution in [2.45, 2.75) is 19.3 Å². The van der Waals surface area contributed by atoms with E-state index in [0.29, 0.717) is 0 Å². The largest absolute Gasteiger partial charge is 4.00 e. The zero-order chi connectivity index (χ0) is 18.0. The van der Waals surface area contributed by atoms with Crippen molar-refractivity contribution in [2.75, 3.05) is 0 Å². The second kappa shape index (κ2) is 12.4. The van der Waals surface area contributed by atoms with Crippen LogP contribution in [-0.4, -0.2) is 0 Å². The van der Waals surface area contributed by atoms with E-state index in [-0.39, 0.29) is 64.4 Å². The van der Waals surface area contributed by atoms with Crippen molar-refractivity contribution in [3.05, 3.63) is 137 Å². The Labute approximate surface area is 213 Å². The standard InChI is InChI=1S/C26H23.3ClH.Ti/c1-20-18-21(2)25(19-20)26(22-12-6-3-7-13-22,23-14-8-4-9-15-23)24-16-10-5-11-17-24;;;;/h3-19H,1-2H3;3*1H;/q-1;;;;+4/p-3. The Balaban J connectivity index is 0.00000210. The van der Waals surface area contributed by atoms with Crippen LogP contribution in [0.1, 0.15) is 33.4 Å². The molecule has 0 aromatic heterocycles. The summed E-state index contributed by atoms with van der Waals surface area (Å²) in [6.45, 7) is 4.41. The second-order valence-corrected chi connectivity index (χ2v) is 6.98. The van der Waals surface area contributed by atoms with Gasteiger partial charge in [0, 0.05) is 5.41 Å². The molecule has 0 spiro atoms. The third-order valence-corrected chi connectivity index (χ3v) is 5.27. The average Bonchev–Trinajstić information content (AvgIpc) is 3.03. The number of rotatable bonds is 4. The number of hydrogen-bond acceptors (Lipinski definition) is 0. The summed E-state index contributed by atoms with van der Waals surface area (Å²) in [6, 6.07) is 37.3. The molecule has 0 aliphatic rings. The first-order valence-corrected chi connectivity index (χ1v) is 9.14. The third-order valence-electron chi connectivity index (χ3n) is 5.27. The average molecular weight is 490 g/mol. The molecule has 0 aliphatic heterocycles. The Morgan fingerprint density at radius 3 is 1.17 bits per heavy atom. The van der Waals surface area contributed by atoms with E-state index in [9.17, 15) is 0 Å². The maximum Gasteiger partial charge on any atom is 4.00 e. The Morgan fingerprint density at radius 2 is 0.900 bits per heavy atom. The van der Waals surface area contributed by atoms with Gasteiger partial charge in [-0.15, -0.1) is 5.56 Å². The number of benzene rings is 3. The van der Waals surface area contributed by atoms with Gasteiger partial charge in [-0.1, -0.05) is 105 Å². The van der Waals surface area contributed by atoms with Gasteiger partial charge >= 0.3 is 21.7 Å². The summed E-state index contributed by atoms with van der Waals surface area (Å²) in [5.41, 5.74) is 7.58. The summed E-state index contributed by atoms with van der Waals surface area (Å²) in [4.78, 5) is 0. The Hall–Kier alpha value is -1.41. The van der Waals surface area contributed by atoms with Crippen LogP contribution in [-0.2, 0) is 27.1 Å². The molecular weight excluding hydrogens is 467 g/mol. The van der Waals surface area contributed by atoms with Gasteiger partial charge in [0.25, 0.3) is 0 Å². The monoisotopic (exact) mass is 488 g/mol. The molecule has 0 unspecified atom stereocenters. The topological polar surface area (TPSA) is 0 Å². The van der Waals surface area contributed by atoms with Crippen LogP contribution in [0.25, 0.3) is 0 Å². The van der Waals surface area contributed by atoms with E-state index < -0.39 is 0 Å². The fourth-order valence-corrected chi connectivity index (χ4v) is 4.24. The van der Waals surface area contributed by atoms with Gasteiger partial charge in [-0.2, -0.15) is 11.6 Å². The minimum atomic E-state index is -0.317. The van der Waals surface area contributed by atoms with Gasteiger partial charge in [0.1, 0.15) is 0 Å². The van der Waals surface area contributed by atoms with E-state index in [2.05, 4.69) is 117 Å². The van der Waals surface area contributed by atoms with Crippen LogP contribution in [0.15, 0.2) is 103 Å². The van der Waals surface area contributed by atoms with Crippen molar-refractivity contribution in [1.29, 1.82) is 0 Å². The molecule has 0 heterocycles. The summed E-state index contributed by atoms with van der Waals surface area (Å²) >= 11 is 0. The van der Waals surface area contributed by atoms with Gasteiger partial charge < -0.3 is 37.2 Å². The molecule has 0 saturated heterocycles. The maximum atomic E-state index is 2.35. The molecule has 0 nitrogen and oxygen atoms in total. The van der Waals surface area contributed by atoms with Gasteiger partial charge in [-0.3, -0.25) is 0 Å². The van der Waals surface area contributed by atoms with Crippen LogP contribution in [0, 0.1) is 13.8 Å². The molecule has 4 rings (SSSR count). The molecule has 0 radical (unpaired) electrons. The molecule has 0 amide bonds. The van der Waals surface area contributed by atoms with Crippen molar-refractivity contribution in [3.8, 4) is 0 Å². The van der Waals surface area contributed by atoms with Gasteiger partial charge in [0.2, 0.25) is 0 Å². The fraction of sp³-hybridized carbons (Fsp3) is 0.115. The van der Waals surface area contributed by atoms with Crippen LogP contribution in [0.2, 0.25) is 0 Å². The second-order valence-electron chi connectivity index (χ2n) is 6.98. The smallest absolute Gasteiger partial charge is 1.00 e. The molecule has 30 heavy (non-hydrogen) atoms. The van der Waals surface area contributed by atoms with E-state index in [0.717, 1.165) is 0 Å². The third kappa shape index (κ3) is 5.07. The molecule has 0 bridgehead atoms. The summed E-state index contributed by atoms with van der Waals surface area (Å²) in [5, 5.41) is 0. The van der Waals surface area contributed by atoms with E-state index in [1.54, 1.807) is 0 Å². The van der Waals surface area contributed by atoms with Crippen molar-refractivity contribution in [2.24, 2.45) is 0 Å². The summed E-state index contributed by atoms with van der Waals surface area (Å²) < 4.78 is 0. The predicted octanol–water partition coefficient (Wildman–Crippen LogP) is -2.59. The molecule has 0 atom stereocenters. The van der Waals surface area contributed by atoms with E-state index in [1.165, 1.54) is 33.4 Å². The van der Waals surface area contributed by atoms with Gasteiger partial charge in [0.15, 0.2) is 0 Å². The van der Waals surface area contributed by atoms with Gasteiger partial charge in [0.05, 0.1) is 0 Å². The first-order chi connectivity index (χ1) is 12.7. The zero-order valence-corrected chi connectivity index (χ0v) is 20.8. The molecule has 0 aliphatic carbocycles. The number of halogens is 3. The molecular formula is C26H23Cl3Ti. The zero-order valence-electron chi connectivity index (χ0n) is 16.9. The van der Waals surface area contributed by atoms with E-state index >= 15 is 0 Å². The fourth-order valence-electron chi connectivity index (χ4n) is 4.24. The maximum absolute atomic E-state index is 2.35. The van der Waals surface area contributed by atoms with Crippen molar-refractivity contribution in [3.63, 3.8) is 0 Å². The summed E-state index contributed by atoms with van der Waals surface area (Å²) in [5.74, 6) is 0. The minimum absolute atomic E-state index is 0. The predicted molar refractivity (Wildman–Crippen MR) is 110 cm³/mol.